The lowest BCUT2D eigenvalue weighted by atomic mass is 9.93. The number of likely N-dealkylation sites (N-methyl/N-ethyl adjacent to an activating group) is 2. The molecule has 0 aromatic rings. The van der Waals surface area contributed by atoms with Crippen LogP contribution in [0.3, 0.4) is 0 Å². The third-order valence-corrected chi connectivity index (χ3v) is 5.17. The quantitative estimate of drug-likeness (QED) is 0.676. The monoisotopic (exact) mass is 310 g/mol. The minimum atomic E-state index is -0.310. The van der Waals surface area contributed by atoms with E-state index in [1.54, 1.807) is 0 Å². The van der Waals surface area contributed by atoms with Crippen LogP contribution in [-0.4, -0.2) is 95.2 Å². The lowest BCUT2D eigenvalue weighted by Crippen LogP contribution is -2.69. The van der Waals surface area contributed by atoms with Crippen LogP contribution in [0.5, 0.6) is 0 Å². The predicted molar refractivity (Wildman–Crippen MR) is 84.7 cm³/mol. The van der Waals surface area contributed by atoms with E-state index in [-0.39, 0.29) is 34.7 Å². The van der Waals surface area contributed by atoms with Crippen molar-refractivity contribution in [3.05, 3.63) is 0 Å². The molecule has 0 rings (SSSR count). The van der Waals surface area contributed by atoms with Crippen molar-refractivity contribution in [1.29, 1.82) is 0 Å². The van der Waals surface area contributed by atoms with E-state index in [1.165, 1.54) is 0 Å². The first-order chi connectivity index (χ1) is 8.18. The first-order valence-electron chi connectivity index (χ1n) is 7.14. The molecule has 0 saturated heterocycles. The van der Waals surface area contributed by atoms with Crippen LogP contribution in [0, 0.1) is 0 Å². The highest BCUT2D eigenvalue weighted by Crippen LogP contribution is 2.29. The lowest BCUT2D eigenvalue weighted by Gasteiger charge is -2.52. The number of hydrogen-bond acceptors (Lipinski definition) is 4. The van der Waals surface area contributed by atoms with Crippen molar-refractivity contribution in [2.45, 2.75) is 51.8 Å². The van der Waals surface area contributed by atoms with Crippen molar-refractivity contribution in [2.75, 3.05) is 47.9 Å². The van der Waals surface area contributed by atoms with Crippen molar-refractivity contribution < 1.29 is 30.1 Å². The normalized spacial score (nSPS) is 15.0. The first-order valence-corrected chi connectivity index (χ1v) is 7.14. The molecule has 0 aliphatic heterocycles. The van der Waals surface area contributed by atoms with E-state index < -0.39 is 0 Å². The molecule has 6 nitrogen and oxygen atoms in total. The zero-order valence-electron chi connectivity index (χ0n) is 15.4. The summed E-state index contributed by atoms with van der Waals surface area (Å²) in [4.78, 5) is 0. The average Bonchev–Trinajstić information content (AvgIpc) is 2.13. The van der Waals surface area contributed by atoms with Gasteiger partial charge < -0.3 is 30.1 Å². The number of aliphatic hydroxyl groups is 2. The molecule has 4 N–H and O–H groups in total. The number of rotatable bonds is 7. The van der Waals surface area contributed by atoms with Crippen LogP contribution < -0.4 is 0 Å². The third kappa shape index (κ3) is 6.18. The molecular formula is C15H38N2O4. The molecule has 6 heteroatoms. The summed E-state index contributed by atoms with van der Waals surface area (Å²) >= 11 is 0. The third-order valence-electron chi connectivity index (χ3n) is 5.17. The summed E-state index contributed by atoms with van der Waals surface area (Å²) in [6.45, 7) is 12.3. The molecule has 0 bridgehead atoms. The Bertz CT molecular complexity index is 300. The Balaban J connectivity index is -0.00000162. The molecule has 0 radical (unpaired) electrons. The number of quaternary nitrogens is 2. The maximum Gasteiger partial charge on any atom is 0.143 e. The van der Waals surface area contributed by atoms with Crippen LogP contribution in [0.15, 0.2) is 0 Å². The smallest absolute Gasteiger partial charge is 0.143 e. The number of nitrogens with zero attached hydrogens (tertiary/aromatic N) is 2. The summed E-state index contributed by atoms with van der Waals surface area (Å²) in [5.74, 6) is 0. The first kappa shape index (κ1) is 25.7. The van der Waals surface area contributed by atoms with Gasteiger partial charge in [-0.1, -0.05) is 0 Å². The Labute approximate surface area is 130 Å². The fraction of sp³-hybridized carbons (Fsp3) is 1.00. The van der Waals surface area contributed by atoms with Crippen LogP contribution in [0.2, 0.25) is 0 Å². The van der Waals surface area contributed by atoms with Gasteiger partial charge in [0.05, 0.1) is 34.8 Å². The largest absolute Gasteiger partial charge is 0.870 e. The van der Waals surface area contributed by atoms with Crippen LogP contribution in [0.4, 0.5) is 0 Å². The van der Waals surface area contributed by atoms with Crippen molar-refractivity contribution in [3.8, 4) is 0 Å². The molecule has 0 aliphatic carbocycles. The van der Waals surface area contributed by atoms with Gasteiger partial charge in [-0.05, 0) is 34.6 Å². The fourth-order valence-electron chi connectivity index (χ4n) is 2.47. The van der Waals surface area contributed by atoms with Crippen molar-refractivity contribution in [2.24, 2.45) is 0 Å². The second kappa shape index (κ2) is 7.85. The van der Waals surface area contributed by atoms with E-state index in [9.17, 15) is 10.2 Å². The highest BCUT2D eigenvalue weighted by Gasteiger charge is 2.47. The molecule has 0 saturated carbocycles. The summed E-state index contributed by atoms with van der Waals surface area (Å²) in [5, 5.41) is 19.3. The van der Waals surface area contributed by atoms with E-state index in [2.05, 4.69) is 55.9 Å². The average molecular weight is 310 g/mol. The molecule has 21 heavy (non-hydrogen) atoms. The summed E-state index contributed by atoms with van der Waals surface area (Å²) in [6, 6.07) is 0. The van der Waals surface area contributed by atoms with Crippen LogP contribution in [-0.2, 0) is 0 Å². The van der Waals surface area contributed by atoms with E-state index >= 15 is 0 Å². The number of aliphatic hydroxyl groups excluding tert-OH is 2. The Kier molecular flexibility index (Phi) is 9.61. The summed E-state index contributed by atoms with van der Waals surface area (Å²) < 4.78 is 1.51. The van der Waals surface area contributed by atoms with Gasteiger partial charge in [-0.2, -0.15) is 0 Å². The molecule has 0 spiro atoms. The van der Waals surface area contributed by atoms with Crippen molar-refractivity contribution in [1.82, 2.24) is 0 Å². The maximum atomic E-state index is 9.69. The van der Waals surface area contributed by atoms with Gasteiger partial charge in [0.25, 0.3) is 0 Å². The van der Waals surface area contributed by atoms with Gasteiger partial charge in [-0.15, -0.1) is 0 Å². The molecule has 1 unspecified atom stereocenters. The van der Waals surface area contributed by atoms with Gasteiger partial charge in [0, 0.05) is 0 Å². The van der Waals surface area contributed by atoms with E-state index in [1.807, 2.05) is 6.92 Å². The van der Waals surface area contributed by atoms with Gasteiger partial charge >= 0.3 is 0 Å². The zero-order valence-corrected chi connectivity index (χ0v) is 15.4. The van der Waals surface area contributed by atoms with Gasteiger partial charge in [0.15, 0.2) is 0 Å². The Morgan fingerprint density at radius 3 is 1.52 bits per heavy atom. The molecule has 0 aromatic carbocycles. The molecule has 132 valence electrons. The SMILES string of the molecule is CC(O)C[N+](C)(C)C(C)(C)C[N+](C)(C)C(C)(C)CO.[OH-].[OH-]. The predicted octanol–water partition coefficient (Wildman–Crippen LogP) is 0.716. The van der Waals surface area contributed by atoms with E-state index in [4.69, 9.17) is 0 Å². The fourth-order valence-corrected chi connectivity index (χ4v) is 2.47. The molecule has 0 heterocycles. The van der Waals surface area contributed by atoms with Crippen LogP contribution in [0.25, 0.3) is 0 Å². The van der Waals surface area contributed by atoms with Gasteiger partial charge in [0.2, 0.25) is 0 Å². The Hall–Kier alpha value is -0.240. The van der Waals surface area contributed by atoms with Gasteiger partial charge in [-0.3, -0.25) is 0 Å². The second-order valence-corrected chi connectivity index (χ2v) is 8.34. The van der Waals surface area contributed by atoms with Crippen molar-refractivity contribution in [3.63, 3.8) is 0 Å². The summed E-state index contributed by atoms with van der Waals surface area (Å²) in [7, 11) is 8.66. The van der Waals surface area contributed by atoms with Crippen LogP contribution >= 0.6 is 0 Å². The van der Waals surface area contributed by atoms with Gasteiger partial charge in [0.1, 0.15) is 30.3 Å². The Morgan fingerprint density at radius 1 is 0.857 bits per heavy atom. The molecule has 0 amide bonds. The van der Waals surface area contributed by atoms with Crippen LogP contribution in [0.1, 0.15) is 34.6 Å². The molecule has 0 aliphatic rings. The highest BCUT2D eigenvalue weighted by molar-refractivity contribution is 4.75. The van der Waals surface area contributed by atoms with Gasteiger partial charge in [-0.25, -0.2) is 0 Å². The Morgan fingerprint density at radius 2 is 1.24 bits per heavy atom. The molecule has 1 atom stereocenters. The maximum absolute atomic E-state index is 9.69. The lowest BCUT2D eigenvalue weighted by molar-refractivity contribution is -1.00. The second-order valence-electron chi connectivity index (χ2n) is 8.34. The topological polar surface area (TPSA) is 100 Å². The van der Waals surface area contributed by atoms with E-state index in [0.29, 0.717) is 0 Å². The number of hydrogen-bond donors (Lipinski definition) is 2. The van der Waals surface area contributed by atoms with E-state index in [0.717, 1.165) is 22.1 Å². The standard InChI is InChI=1S/C15H36N2O2.2H2O/c1-13(19)10-16(6,7)14(2,3)11-17(8,9)15(4,5)12-18;;/h13,18-19H,10-12H2,1-9H3;2*1H2/q+2;;/p-2. The molecular weight excluding hydrogens is 272 g/mol. The minimum Gasteiger partial charge on any atom is -0.870 e. The summed E-state index contributed by atoms with van der Waals surface area (Å²) in [5.41, 5.74) is -0.172. The molecule has 0 aromatic heterocycles. The minimum absolute atomic E-state index is 0. The molecule has 0 fully saturated rings. The zero-order chi connectivity index (χ0) is 15.7. The summed E-state index contributed by atoms with van der Waals surface area (Å²) in [6.07, 6.45) is -0.310. The highest BCUT2D eigenvalue weighted by atomic mass is 16.3. The van der Waals surface area contributed by atoms with Crippen molar-refractivity contribution >= 4 is 0 Å².